The van der Waals surface area contributed by atoms with Gasteiger partial charge in [-0.05, 0) is 37.1 Å². The van der Waals surface area contributed by atoms with Gasteiger partial charge in [0.1, 0.15) is 5.57 Å². The van der Waals surface area contributed by atoms with E-state index in [1.807, 2.05) is 17.6 Å². The second kappa shape index (κ2) is 9.60. The number of carbonyl (C=O) groups is 3. The molecule has 0 radical (unpaired) electrons. The van der Waals surface area contributed by atoms with Gasteiger partial charge in [0.05, 0.1) is 13.2 Å². The SMILES string of the molecule is CCCCCCOc1ccc(C=C2C(=O)NC(=O)NC2=O)cc1OCC. The lowest BCUT2D eigenvalue weighted by molar-refractivity contribution is -0.123. The quantitative estimate of drug-likeness (QED) is 0.401. The van der Waals surface area contributed by atoms with E-state index in [0.29, 0.717) is 30.3 Å². The minimum atomic E-state index is -0.820. The number of carbonyl (C=O) groups excluding carboxylic acids is 3. The van der Waals surface area contributed by atoms with Crippen LogP contribution in [0.1, 0.15) is 45.1 Å². The van der Waals surface area contributed by atoms with E-state index in [-0.39, 0.29) is 5.57 Å². The summed E-state index contributed by atoms with van der Waals surface area (Å²) in [6.45, 7) is 5.09. The maximum absolute atomic E-state index is 11.8. The van der Waals surface area contributed by atoms with Crippen LogP contribution in [0.15, 0.2) is 23.8 Å². The first-order chi connectivity index (χ1) is 12.5. The maximum atomic E-state index is 11.8. The van der Waals surface area contributed by atoms with Crippen LogP contribution < -0.4 is 20.1 Å². The third-order valence-corrected chi connectivity index (χ3v) is 3.78. The van der Waals surface area contributed by atoms with Crippen LogP contribution in [0.2, 0.25) is 0 Å². The van der Waals surface area contributed by atoms with Crippen molar-refractivity contribution in [1.29, 1.82) is 0 Å². The number of benzene rings is 1. The molecule has 0 aliphatic carbocycles. The van der Waals surface area contributed by atoms with Crippen LogP contribution in [-0.4, -0.2) is 31.1 Å². The molecule has 140 valence electrons. The zero-order valence-corrected chi connectivity index (χ0v) is 15.1. The summed E-state index contributed by atoms with van der Waals surface area (Å²) in [7, 11) is 0. The van der Waals surface area contributed by atoms with Crippen LogP contribution in [0.5, 0.6) is 11.5 Å². The lowest BCUT2D eigenvalue weighted by Crippen LogP contribution is -2.51. The summed E-state index contributed by atoms with van der Waals surface area (Å²) in [5, 5.41) is 4.08. The molecule has 1 heterocycles. The van der Waals surface area contributed by atoms with Gasteiger partial charge in [-0.2, -0.15) is 0 Å². The van der Waals surface area contributed by atoms with Gasteiger partial charge in [0.25, 0.3) is 11.8 Å². The van der Waals surface area contributed by atoms with E-state index >= 15 is 0 Å². The number of unbranched alkanes of at least 4 members (excludes halogenated alkanes) is 3. The number of amides is 4. The van der Waals surface area contributed by atoms with Crippen LogP contribution in [0.4, 0.5) is 4.79 Å². The molecule has 26 heavy (non-hydrogen) atoms. The molecular formula is C19H24N2O5. The number of hydrogen-bond acceptors (Lipinski definition) is 5. The van der Waals surface area contributed by atoms with E-state index in [9.17, 15) is 14.4 Å². The first-order valence-corrected chi connectivity index (χ1v) is 8.83. The van der Waals surface area contributed by atoms with Gasteiger partial charge in [-0.1, -0.05) is 32.3 Å². The predicted molar refractivity (Wildman–Crippen MR) is 96.9 cm³/mol. The van der Waals surface area contributed by atoms with Crippen LogP contribution in [-0.2, 0) is 9.59 Å². The van der Waals surface area contributed by atoms with Crippen molar-refractivity contribution < 1.29 is 23.9 Å². The number of barbiturate groups is 1. The van der Waals surface area contributed by atoms with Crippen molar-refractivity contribution in [3.8, 4) is 11.5 Å². The smallest absolute Gasteiger partial charge is 0.328 e. The molecule has 2 N–H and O–H groups in total. The van der Waals surface area contributed by atoms with Gasteiger partial charge in [-0.3, -0.25) is 20.2 Å². The highest BCUT2D eigenvalue weighted by atomic mass is 16.5. The average Bonchev–Trinajstić information content (AvgIpc) is 2.59. The fourth-order valence-electron chi connectivity index (χ4n) is 2.49. The average molecular weight is 360 g/mol. The van der Waals surface area contributed by atoms with Gasteiger partial charge < -0.3 is 9.47 Å². The minimum Gasteiger partial charge on any atom is -0.490 e. The molecule has 1 aliphatic heterocycles. The van der Waals surface area contributed by atoms with Crippen LogP contribution in [0.25, 0.3) is 6.08 Å². The van der Waals surface area contributed by atoms with Crippen molar-refractivity contribution in [3.05, 3.63) is 29.3 Å². The van der Waals surface area contributed by atoms with Crippen LogP contribution in [0, 0.1) is 0 Å². The van der Waals surface area contributed by atoms with E-state index in [2.05, 4.69) is 6.92 Å². The molecule has 1 aromatic rings. The first kappa shape index (κ1) is 19.5. The molecule has 0 bridgehead atoms. The number of rotatable bonds is 9. The van der Waals surface area contributed by atoms with Gasteiger partial charge in [0, 0.05) is 0 Å². The zero-order valence-electron chi connectivity index (χ0n) is 15.1. The Morgan fingerprint density at radius 2 is 1.65 bits per heavy atom. The Bertz CT molecular complexity index is 690. The third kappa shape index (κ3) is 5.34. The van der Waals surface area contributed by atoms with Crippen molar-refractivity contribution in [2.24, 2.45) is 0 Å². The van der Waals surface area contributed by atoms with Crippen molar-refractivity contribution in [1.82, 2.24) is 10.6 Å². The summed E-state index contributed by atoms with van der Waals surface area (Å²) in [5.74, 6) is -0.288. The highest BCUT2D eigenvalue weighted by Gasteiger charge is 2.27. The maximum Gasteiger partial charge on any atom is 0.328 e. The molecule has 0 aromatic heterocycles. The summed E-state index contributed by atoms with van der Waals surface area (Å²) >= 11 is 0. The molecule has 7 nitrogen and oxygen atoms in total. The summed E-state index contributed by atoms with van der Waals surface area (Å²) in [6.07, 6.45) is 5.85. The normalized spacial score (nSPS) is 13.9. The number of imide groups is 2. The molecule has 0 unspecified atom stereocenters. The van der Waals surface area contributed by atoms with Crippen LogP contribution in [0.3, 0.4) is 0 Å². The molecule has 4 amide bonds. The third-order valence-electron chi connectivity index (χ3n) is 3.78. The van der Waals surface area contributed by atoms with Crippen molar-refractivity contribution in [2.45, 2.75) is 39.5 Å². The van der Waals surface area contributed by atoms with E-state index in [0.717, 1.165) is 12.8 Å². The molecule has 1 fully saturated rings. The molecule has 0 saturated carbocycles. The minimum absolute atomic E-state index is 0.139. The Morgan fingerprint density at radius 1 is 0.923 bits per heavy atom. The Labute approximate surface area is 152 Å². The first-order valence-electron chi connectivity index (χ1n) is 8.83. The Hall–Kier alpha value is -2.83. The molecule has 1 saturated heterocycles. The molecule has 0 spiro atoms. The lowest BCUT2D eigenvalue weighted by Gasteiger charge is -2.15. The van der Waals surface area contributed by atoms with Gasteiger partial charge in [-0.15, -0.1) is 0 Å². The molecular weight excluding hydrogens is 336 g/mol. The topological polar surface area (TPSA) is 93.7 Å². The Kier molecular flexibility index (Phi) is 7.20. The van der Waals surface area contributed by atoms with Gasteiger partial charge in [-0.25, -0.2) is 4.79 Å². The van der Waals surface area contributed by atoms with Crippen molar-refractivity contribution >= 4 is 23.9 Å². The molecule has 7 heteroatoms. The highest BCUT2D eigenvalue weighted by molar-refractivity contribution is 6.31. The van der Waals surface area contributed by atoms with Crippen molar-refractivity contribution in [2.75, 3.05) is 13.2 Å². The lowest BCUT2D eigenvalue weighted by atomic mass is 10.1. The standard InChI is InChI=1S/C19H24N2O5/c1-3-5-6-7-10-26-15-9-8-13(12-16(15)25-4-2)11-14-17(22)20-19(24)21-18(14)23/h8-9,11-12H,3-7,10H2,1-2H3,(H2,20,21,22,23,24). The van der Waals surface area contributed by atoms with E-state index < -0.39 is 17.8 Å². The summed E-state index contributed by atoms with van der Waals surface area (Å²) in [4.78, 5) is 34.7. The fourth-order valence-corrected chi connectivity index (χ4v) is 2.49. The Morgan fingerprint density at radius 3 is 2.31 bits per heavy atom. The zero-order chi connectivity index (χ0) is 18.9. The number of nitrogens with one attached hydrogen (secondary N) is 2. The van der Waals surface area contributed by atoms with E-state index in [1.54, 1.807) is 18.2 Å². The van der Waals surface area contributed by atoms with Crippen molar-refractivity contribution in [3.63, 3.8) is 0 Å². The summed E-state index contributed by atoms with van der Waals surface area (Å²) < 4.78 is 11.4. The summed E-state index contributed by atoms with van der Waals surface area (Å²) in [6, 6.07) is 4.36. The van der Waals surface area contributed by atoms with Crippen LogP contribution >= 0.6 is 0 Å². The molecule has 1 aliphatic rings. The van der Waals surface area contributed by atoms with Gasteiger partial charge >= 0.3 is 6.03 Å². The molecule has 1 aromatic carbocycles. The molecule has 2 rings (SSSR count). The summed E-state index contributed by atoms with van der Waals surface area (Å²) in [5.41, 5.74) is 0.460. The molecule has 0 atom stereocenters. The Balaban J connectivity index is 2.14. The second-order valence-corrected chi connectivity index (χ2v) is 5.84. The monoisotopic (exact) mass is 360 g/mol. The van der Waals surface area contributed by atoms with E-state index in [1.165, 1.54) is 18.9 Å². The number of hydrogen-bond donors (Lipinski definition) is 2. The van der Waals surface area contributed by atoms with E-state index in [4.69, 9.17) is 9.47 Å². The van der Waals surface area contributed by atoms with Gasteiger partial charge in [0.15, 0.2) is 11.5 Å². The number of urea groups is 1. The number of ether oxygens (including phenoxy) is 2. The predicted octanol–water partition coefficient (Wildman–Crippen LogP) is 2.79. The van der Waals surface area contributed by atoms with Gasteiger partial charge in [0.2, 0.25) is 0 Å². The fraction of sp³-hybridized carbons (Fsp3) is 0.421. The highest BCUT2D eigenvalue weighted by Crippen LogP contribution is 2.29. The largest absolute Gasteiger partial charge is 0.490 e. The second-order valence-electron chi connectivity index (χ2n) is 5.84.